The van der Waals surface area contributed by atoms with Gasteiger partial charge in [-0.2, -0.15) is 13.2 Å². The van der Waals surface area contributed by atoms with Crippen molar-refractivity contribution in [2.75, 3.05) is 6.61 Å². The molecule has 4 nitrogen and oxygen atoms in total. The van der Waals surface area contributed by atoms with Gasteiger partial charge >= 0.3 is 6.18 Å². The molecule has 2 atom stereocenters. The van der Waals surface area contributed by atoms with E-state index in [1.165, 1.54) is 5.56 Å². The first-order valence-corrected chi connectivity index (χ1v) is 9.95. The summed E-state index contributed by atoms with van der Waals surface area (Å²) in [5.74, 6) is -0.450. The molecule has 0 saturated heterocycles. The number of fused-ring (bicyclic) bond motifs is 3. The molecule has 2 aromatic rings. The number of carbonyl (C=O) groups is 1. The third-order valence-electron chi connectivity index (χ3n) is 5.83. The molecule has 1 fully saturated rings. The summed E-state index contributed by atoms with van der Waals surface area (Å²) in [7, 11) is 0. The third kappa shape index (κ3) is 3.98. The van der Waals surface area contributed by atoms with Gasteiger partial charge < -0.3 is 14.5 Å². The van der Waals surface area contributed by atoms with E-state index < -0.39 is 24.0 Å². The molecule has 4 rings (SSSR count). The molecule has 2 aliphatic carbocycles. The zero-order valence-corrected chi connectivity index (χ0v) is 15.6. The number of amides is 1. The summed E-state index contributed by atoms with van der Waals surface area (Å²) in [6.07, 6.45) is 1.51. The van der Waals surface area contributed by atoms with Crippen LogP contribution in [0.1, 0.15) is 49.8 Å². The van der Waals surface area contributed by atoms with E-state index in [0.29, 0.717) is 25.0 Å². The van der Waals surface area contributed by atoms with Crippen LogP contribution in [0.4, 0.5) is 13.2 Å². The average Bonchev–Trinajstić information content (AvgIpc) is 3.04. The first-order valence-electron chi connectivity index (χ1n) is 9.95. The van der Waals surface area contributed by atoms with Crippen LogP contribution in [0.5, 0.6) is 5.75 Å². The molecule has 2 aliphatic rings. The van der Waals surface area contributed by atoms with E-state index in [1.54, 1.807) is 6.07 Å². The molecule has 1 saturated carbocycles. The van der Waals surface area contributed by atoms with Crippen molar-refractivity contribution in [1.82, 2.24) is 5.32 Å². The zero-order valence-electron chi connectivity index (χ0n) is 15.6. The normalized spacial score (nSPS) is 22.7. The van der Waals surface area contributed by atoms with Gasteiger partial charge in [-0.25, -0.2) is 0 Å². The van der Waals surface area contributed by atoms with Crippen LogP contribution in [-0.2, 0) is 17.6 Å². The fraction of sp³-hybridized carbons (Fsp3) is 0.571. The van der Waals surface area contributed by atoms with E-state index in [0.717, 1.165) is 42.4 Å². The highest BCUT2D eigenvalue weighted by Gasteiger charge is 2.45. The van der Waals surface area contributed by atoms with Gasteiger partial charge in [0.2, 0.25) is 0 Å². The molecule has 1 aromatic carbocycles. The van der Waals surface area contributed by atoms with Gasteiger partial charge in [0.05, 0.1) is 5.92 Å². The maximum absolute atomic E-state index is 13.2. The van der Waals surface area contributed by atoms with Gasteiger partial charge in [-0.1, -0.05) is 12.8 Å². The zero-order chi connectivity index (χ0) is 19.7. The molecule has 2 unspecified atom stereocenters. The summed E-state index contributed by atoms with van der Waals surface area (Å²) in [6, 6.07) is 4.54. The van der Waals surface area contributed by atoms with Crippen molar-refractivity contribution >= 4 is 16.9 Å². The predicted octanol–water partition coefficient (Wildman–Crippen LogP) is 4.93. The lowest BCUT2D eigenvalue weighted by atomic mass is 9.84. The molecular formula is C21H24F3NO3. The van der Waals surface area contributed by atoms with Crippen molar-refractivity contribution < 1.29 is 27.1 Å². The summed E-state index contributed by atoms with van der Waals surface area (Å²) in [5.41, 5.74) is 2.00. The number of hydrogen-bond acceptors (Lipinski definition) is 3. The van der Waals surface area contributed by atoms with Crippen molar-refractivity contribution in [3.63, 3.8) is 0 Å². The molecule has 152 valence electrons. The quantitative estimate of drug-likeness (QED) is 0.799. The number of carbonyl (C=O) groups excluding carboxylic acids is 1. The minimum atomic E-state index is -4.29. The lowest BCUT2D eigenvalue weighted by molar-refractivity contribution is -0.189. The number of benzene rings is 1. The van der Waals surface area contributed by atoms with E-state index in [2.05, 4.69) is 5.32 Å². The number of nitrogens with one attached hydrogen (secondary N) is 1. The highest BCUT2D eigenvalue weighted by Crippen LogP contribution is 2.38. The van der Waals surface area contributed by atoms with Gasteiger partial charge in [0.15, 0.2) is 6.61 Å². The fourth-order valence-electron chi connectivity index (χ4n) is 4.42. The highest BCUT2D eigenvalue weighted by atomic mass is 19.4. The fourth-order valence-corrected chi connectivity index (χ4v) is 4.42. The Labute approximate surface area is 161 Å². The number of aryl methyl sites for hydroxylation is 2. The topological polar surface area (TPSA) is 51.5 Å². The summed E-state index contributed by atoms with van der Waals surface area (Å²) in [6.45, 7) is -0.299. The SMILES string of the molecule is O=C(COc1ccc2oc3c(c2c1)CCCC3)NC1CCCCC1C(F)(F)F. The van der Waals surface area contributed by atoms with Crippen molar-refractivity contribution in [2.24, 2.45) is 5.92 Å². The van der Waals surface area contributed by atoms with Crippen molar-refractivity contribution in [2.45, 2.75) is 63.6 Å². The van der Waals surface area contributed by atoms with Crippen molar-refractivity contribution in [3.05, 3.63) is 29.5 Å². The monoisotopic (exact) mass is 395 g/mol. The van der Waals surface area contributed by atoms with Crippen molar-refractivity contribution in [1.29, 1.82) is 0 Å². The second-order valence-corrected chi connectivity index (χ2v) is 7.76. The maximum atomic E-state index is 13.2. The van der Waals surface area contributed by atoms with Gasteiger partial charge in [-0.3, -0.25) is 4.79 Å². The molecule has 7 heteroatoms. The van der Waals surface area contributed by atoms with Gasteiger partial charge in [0.25, 0.3) is 5.91 Å². The van der Waals surface area contributed by atoms with E-state index >= 15 is 0 Å². The van der Waals surface area contributed by atoms with Crippen LogP contribution < -0.4 is 10.1 Å². The van der Waals surface area contributed by atoms with Crippen LogP contribution in [0.15, 0.2) is 22.6 Å². The van der Waals surface area contributed by atoms with Gasteiger partial charge in [0.1, 0.15) is 17.1 Å². The Bertz CT molecular complexity index is 858. The van der Waals surface area contributed by atoms with Crippen LogP contribution in [0.3, 0.4) is 0 Å². The number of hydrogen-bond donors (Lipinski definition) is 1. The maximum Gasteiger partial charge on any atom is 0.393 e. The van der Waals surface area contributed by atoms with Crippen LogP contribution in [0.25, 0.3) is 11.0 Å². The summed E-state index contributed by atoms with van der Waals surface area (Å²) in [4.78, 5) is 12.2. The number of halogens is 3. The molecular weight excluding hydrogens is 371 g/mol. The van der Waals surface area contributed by atoms with E-state index in [-0.39, 0.29) is 13.0 Å². The molecule has 1 amide bonds. The first kappa shape index (κ1) is 19.2. The Morgan fingerprint density at radius 2 is 1.93 bits per heavy atom. The Hall–Kier alpha value is -2.18. The number of rotatable bonds is 4. The standard InChI is InChI=1S/C21H24F3NO3/c22-21(23,24)16-6-2-3-7-17(16)25-20(26)12-27-13-9-10-19-15(11-13)14-5-1-4-8-18(14)28-19/h9-11,16-17H,1-8,12H2,(H,25,26). The third-order valence-corrected chi connectivity index (χ3v) is 5.83. The van der Waals surface area contributed by atoms with Gasteiger partial charge in [0, 0.05) is 23.4 Å². The Morgan fingerprint density at radius 3 is 2.75 bits per heavy atom. The average molecular weight is 395 g/mol. The molecule has 1 heterocycles. The lowest BCUT2D eigenvalue weighted by Crippen LogP contribution is -2.48. The largest absolute Gasteiger partial charge is 0.484 e. The van der Waals surface area contributed by atoms with Crippen LogP contribution in [0.2, 0.25) is 0 Å². The Morgan fingerprint density at radius 1 is 1.14 bits per heavy atom. The molecule has 28 heavy (non-hydrogen) atoms. The molecule has 0 bridgehead atoms. The Kier molecular flexibility index (Phi) is 5.25. The predicted molar refractivity (Wildman–Crippen MR) is 98.3 cm³/mol. The van der Waals surface area contributed by atoms with Gasteiger partial charge in [-0.15, -0.1) is 0 Å². The second kappa shape index (κ2) is 7.68. The second-order valence-electron chi connectivity index (χ2n) is 7.76. The molecule has 1 aromatic heterocycles. The van der Waals surface area contributed by atoms with E-state index in [9.17, 15) is 18.0 Å². The minimum absolute atomic E-state index is 0.0670. The number of alkyl halides is 3. The van der Waals surface area contributed by atoms with Crippen LogP contribution in [-0.4, -0.2) is 24.7 Å². The summed E-state index contributed by atoms with van der Waals surface area (Å²) < 4.78 is 50.9. The summed E-state index contributed by atoms with van der Waals surface area (Å²) >= 11 is 0. The van der Waals surface area contributed by atoms with Crippen LogP contribution >= 0.6 is 0 Å². The Balaban J connectivity index is 1.39. The number of ether oxygens (including phenoxy) is 1. The highest BCUT2D eigenvalue weighted by molar-refractivity contribution is 5.84. The minimum Gasteiger partial charge on any atom is -0.484 e. The summed E-state index contributed by atoms with van der Waals surface area (Å²) in [5, 5.41) is 3.52. The van der Waals surface area contributed by atoms with E-state index in [4.69, 9.17) is 9.15 Å². The van der Waals surface area contributed by atoms with E-state index in [1.807, 2.05) is 12.1 Å². The smallest absolute Gasteiger partial charge is 0.393 e. The molecule has 1 N–H and O–H groups in total. The molecule has 0 spiro atoms. The molecule has 0 radical (unpaired) electrons. The molecule has 0 aliphatic heterocycles. The first-order chi connectivity index (χ1) is 13.4. The number of furan rings is 1. The van der Waals surface area contributed by atoms with Gasteiger partial charge in [-0.05, 0) is 50.3 Å². The van der Waals surface area contributed by atoms with Crippen molar-refractivity contribution in [3.8, 4) is 5.75 Å². The van der Waals surface area contributed by atoms with Crippen LogP contribution in [0, 0.1) is 5.92 Å². The lowest BCUT2D eigenvalue weighted by Gasteiger charge is -2.33.